The summed E-state index contributed by atoms with van der Waals surface area (Å²) >= 11 is 0. The Bertz CT molecular complexity index is 1040. The molecule has 4 rings (SSSR count). The number of fused-ring (bicyclic) bond motifs is 2. The number of benzene rings is 1. The number of hydrogen-bond donors (Lipinski definition) is 3. The first kappa shape index (κ1) is 21.0. The molecule has 8 nitrogen and oxygen atoms in total. The topological polar surface area (TPSA) is 117 Å². The van der Waals surface area contributed by atoms with Gasteiger partial charge in [0.25, 0.3) is 0 Å². The lowest BCUT2D eigenvalue weighted by Gasteiger charge is -2.29. The largest absolute Gasteiger partial charge is 0.366 e. The maximum Gasteiger partial charge on any atom is 0.250 e. The van der Waals surface area contributed by atoms with Crippen molar-refractivity contribution in [3.8, 4) is 0 Å². The Morgan fingerprint density at radius 1 is 1.26 bits per heavy atom. The average Bonchev–Trinajstić information content (AvgIpc) is 3.25. The minimum atomic E-state index is -0.757. The molecule has 1 spiro atoms. The molecule has 1 fully saturated rings. The molecule has 3 amide bonds. The third-order valence-corrected chi connectivity index (χ3v) is 5.82. The maximum atomic E-state index is 13.6. The minimum Gasteiger partial charge on any atom is -0.366 e. The lowest BCUT2D eigenvalue weighted by atomic mass is 9.79. The molecule has 2 atom stereocenters. The number of rotatable bonds is 4. The minimum absolute atomic E-state index is 0.0374. The quantitative estimate of drug-likeness (QED) is 0.696. The van der Waals surface area contributed by atoms with Crippen LogP contribution in [-0.2, 0) is 15.0 Å². The predicted molar refractivity (Wildman–Crippen MR) is 118 cm³/mol. The van der Waals surface area contributed by atoms with Gasteiger partial charge in [0.1, 0.15) is 5.82 Å². The van der Waals surface area contributed by atoms with Crippen LogP contribution in [0.2, 0.25) is 0 Å². The summed E-state index contributed by atoms with van der Waals surface area (Å²) in [5.74, 6) is -0.487. The summed E-state index contributed by atoms with van der Waals surface area (Å²) < 4.78 is 0. The molecule has 2 aliphatic rings. The second-order valence-corrected chi connectivity index (χ2v) is 9.47. The molecule has 2 aliphatic heterocycles. The van der Waals surface area contributed by atoms with Gasteiger partial charge < -0.3 is 21.3 Å². The van der Waals surface area contributed by atoms with E-state index in [9.17, 15) is 14.4 Å². The number of anilines is 2. The molecule has 1 aromatic heterocycles. The predicted octanol–water partition coefficient (Wildman–Crippen LogP) is 1.81. The lowest BCUT2D eigenvalue weighted by molar-refractivity contribution is -0.123. The van der Waals surface area contributed by atoms with Crippen LogP contribution in [0, 0.1) is 5.41 Å². The van der Waals surface area contributed by atoms with Crippen molar-refractivity contribution >= 4 is 29.2 Å². The van der Waals surface area contributed by atoms with Crippen LogP contribution in [0.15, 0.2) is 42.6 Å². The van der Waals surface area contributed by atoms with E-state index in [0.29, 0.717) is 25.3 Å². The van der Waals surface area contributed by atoms with Gasteiger partial charge in [-0.15, -0.1) is 0 Å². The number of carbonyl (C=O) groups excluding carboxylic acids is 3. The fraction of sp³-hybridized carbons (Fsp3) is 0.391. The van der Waals surface area contributed by atoms with Gasteiger partial charge in [0.05, 0.1) is 17.0 Å². The van der Waals surface area contributed by atoms with Crippen LogP contribution in [0.5, 0.6) is 0 Å². The summed E-state index contributed by atoms with van der Waals surface area (Å²) in [4.78, 5) is 43.6. The average molecular weight is 422 g/mol. The van der Waals surface area contributed by atoms with Crippen molar-refractivity contribution in [2.24, 2.45) is 11.1 Å². The number of pyridine rings is 1. The number of aromatic nitrogens is 1. The molecule has 31 heavy (non-hydrogen) atoms. The second kappa shape index (κ2) is 7.46. The number of para-hydroxylation sites is 1. The van der Waals surface area contributed by atoms with Crippen LogP contribution in [0.4, 0.5) is 11.5 Å². The molecule has 0 aliphatic carbocycles. The Balaban J connectivity index is 1.54. The standard InChI is InChI=1S/C23H27N5O3/c1-22(2,3)13-28-17-7-5-4-6-15(17)23(21(28)31)10-16(26-12-23)20(30)27-18-9-8-14(11-25-18)19(24)29/h4-9,11,16,26H,10,12-13H2,1-3H3,(H2,24,29)(H,25,27,30). The fourth-order valence-corrected chi connectivity index (χ4v) is 4.40. The summed E-state index contributed by atoms with van der Waals surface area (Å²) in [5.41, 5.74) is 6.57. The summed E-state index contributed by atoms with van der Waals surface area (Å²) in [6.07, 6.45) is 1.69. The monoisotopic (exact) mass is 421 g/mol. The van der Waals surface area contributed by atoms with Gasteiger partial charge >= 0.3 is 0 Å². The zero-order valence-electron chi connectivity index (χ0n) is 17.9. The summed E-state index contributed by atoms with van der Waals surface area (Å²) in [6, 6.07) is 10.3. The molecule has 2 aromatic rings. The highest BCUT2D eigenvalue weighted by molar-refractivity contribution is 6.09. The second-order valence-electron chi connectivity index (χ2n) is 9.47. The molecule has 0 radical (unpaired) electrons. The van der Waals surface area contributed by atoms with Crippen molar-refractivity contribution in [3.63, 3.8) is 0 Å². The molecule has 1 aromatic carbocycles. The molecule has 2 unspecified atom stereocenters. The highest BCUT2D eigenvalue weighted by Crippen LogP contribution is 2.47. The van der Waals surface area contributed by atoms with Crippen LogP contribution < -0.4 is 21.3 Å². The van der Waals surface area contributed by atoms with Gasteiger partial charge in [-0.05, 0) is 35.6 Å². The molecule has 8 heteroatoms. The number of amides is 3. The Morgan fingerprint density at radius 2 is 2.00 bits per heavy atom. The Morgan fingerprint density at radius 3 is 2.65 bits per heavy atom. The third-order valence-electron chi connectivity index (χ3n) is 5.82. The number of nitrogens with one attached hydrogen (secondary N) is 2. The molecule has 1 saturated heterocycles. The van der Waals surface area contributed by atoms with E-state index < -0.39 is 17.4 Å². The number of hydrogen-bond acceptors (Lipinski definition) is 5. The van der Waals surface area contributed by atoms with E-state index in [4.69, 9.17) is 5.73 Å². The van der Waals surface area contributed by atoms with E-state index in [1.165, 1.54) is 18.3 Å². The number of carbonyl (C=O) groups is 3. The molecule has 162 valence electrons. The van der Waals surface area contributed by atoms with Crippen LogP contribution in [0.25, 0.3) is 0 Å². The van der Waals surface area contributed by atoms with Crippen LogP contribution >= 0.6 is 0 Å². The Hall–Kier alpha value is -3.26. The highest BCUT2D eigenvalue weighted by atomic mass is 16.2. The van der Waals surface area contributed by atoms with Crippen molar-refractivity contribution in [1.82, 2.24) is 10.3 Å². The van der Waals surface area contributed by atoms with E-state index in [-0.39, 0.29) is 22.8 Å². The van der Waals surface area contributed by atoms with Gasteiger partial charge in [0.2, 0.25) is 17.7 Å². The van der Waals surface area contributed by atoms with E-state index in [2.05, 4.69) is 36.4 Å². The van der Waals surface area contributed by atoms with Crippen molar-refractivity contribution in [2.45, 2.75) is 38.6 Å². The molecule has 4 N–H and O–H groups in total. The normalized spacial score (nSPS) is 22.6. The van der Waals surface area contributed by atoms with Gasteiger partial charge in [-0.3, -0.25) is 14.4 Å². The van der Waals surface area contributed by atoms with Gasteiger partial charge in [-0.1, -0.05) is 39.0 Å². The van der Waals surface area contributed by atoms with Crippen LogP contribution in [0.3, 0.4) is 0 Å². The number of nitrogens with zero attached hydrogens (tertiary/aromatic N) is 2. The van der Waals surface area contributed by atoms with E-state index >= 15 is 0 Å². The maximum absolute atomic E-state index is 13.6. The van der Waals surface area contributed by atoms with Crippen LogP contribution in [0.1, 0.15) is 43.1 Å². The van der Waals surface area contributed by atoms with Crippen molar-refractivity contribution in [2.75, 3.05) is 23.3 Å². The molecular formula is C23H27N5O3. The van der Waals surface area contributed by atoms with Gasteiger partial charge in [0.15, 0.2) is 0 Å². The van der Waals surface area contributed by atoms with Gasteiger partial charge in [0, 0.05) is 25.0 Å². The van der Waals surface area contributed by atoms with E-state index in [1.54, 1.807) is 0 Å². The van der Waals surface area contributed by atoms with Crippen molar-refractivity contribution in [3.05, 3.63) is 53.7 Å². The lowest BCUT2D eigenvalue weighted by Crippen LogP contribution is -2.44. The Kier molecular flexibility index (Phi) is 5.05. The highest BCUT2D eigenvalue weighted by Gasteiger charge is 2.56. The van der Waals surface area contributed by atoms with Crippen molar-refractivity contribution in [1.29, 1.82) is 0 Å². The van der Waals surface area contributed by atoms with Crippen LogP contribution in [-0.4, -0.2) is 41.8 Å². The zero-order valence-corrected chi connectivity index (χ0v) is 17.9. The smallest absolute Gasteiger partial charge is 0.250 e. The molecule has 3 heterocycles. The first-order valence-corrected chi connectivity index (χ1v) is 10.3. The van der Waals surface area contributed by atoms with Crippen molar-refractivity contribution < 1.29 is 14.4 Å². The first-order valence-electron chi connectivity index (χ1n) is 10.3. The van der Waals surface area contributed by atoms with Gasteiger partial charge in [-0.25, -0.2) is 4.98 Å². The van der Waals surface area contributed by atoms with E-state index in [1.807, 2.05) is 29.2 Å². The number of nitrogens with two attached hydrogens (primary N) is 1. The third kappa shape index (κ3) is 3.79. The molecular weight excluding hydrogens is 394 g/mol. The first-order chi connectivity index (χ1) is 14.6. The SMILES string of the molecule is CC(C)(C)CN1C(=O)C2(CNC(C(=O)Nc3ccc(C(N)=O)cn3)C2)c2ccccc21. The summed E-state index contributed by atoms with van der Waals surface area (Å²) in [6.45, 7) is 7.32. The molecule has 0 bridgehead atoms. The summed E-state index contributed by atoms with van der Waals surface area (Å²) in [7, 11) is 0. The van der Waals surface area contributed by atoms with Gasteiger partial charge in [-0.2, -0.15) is 0 Å². The fourth-order valence-electron chi connectivity index (χ4n) is 4.40. The number of primary amides is 1. The van der Waals surface area contributed by atoms with E-state index in [0.717, 1.165) is 11.3 Å². The zero-order chi connectivity index (χ0) is 22.4. The molecule has 0 saturated carbocycles. The Labute approximate surface area is 181 Å². The summed E-state index contributed by atoms with van der Waals surface area (Å²) in [5, 5.41) is 5.99.